The van der Waals surface area contributed by atoms with Gasteiger partial charge in [-0.25, -0.2) is 0 Å². The van der Waals surface area contributed by atoms with Crippen molar-refractivity contribution in [1.82, 2.24) is 0 Å². The Morgan fingerprint density at radius 1 is 1.24 bits per heavy atom. The van der Waals surface area contributed by atoms with Gasteiger partial charge in [-0.2, -0.15) is 0 Å². The molecule has 2 aromatic carbocycles. The van der Waals surface area contributed by atoms with Gasteiger partial charge in [0.1, 0.15) is 5.75 Å². The zero-order valence-electron chi connectivity index (χ0n) is 12.2. The van der Waals surface area contributed by atoms with Crippen LogP contribution in [0.25, 0.3) is 0 Å². The number of ether oxygens (including phenoxy) is 1. The van der Waals surface area contributed by atoms with Crippen molar-refractivity contribution in [1.29, 1.82) is 0 Å². The topological polar surface area (TPSA) is 58.6 Å². The van der Waals surface area contributed by atoms with Gasteiger partial charge in [-0.1, -0.05) is 30.3 Å². The van der Waals surface area contributed by atoms with Crippen LogP contribution in [0.3, 0.4) is 0 Å². The average Bonchev–Trinajstić information content (AvgIpc) is 2.46. The van der Waals surface area contributed by atoms with E-state index in [2.05, 4.69) is 5.32 Å². The van der Waals surface area contributed by atoms with Gasteiger partial charge in [0.15, 0.2) is 6.61 Å². The lowest BCUT2D eigenvalue weighted by Gasteiger charge is -2.14. The molecule has 0 fully saturated rings. The first kappa shape index (κ1) is 15.1. The normalized spacial score (nSPS) is 11.8. The Hall–Kier alpha value is -2.33. The summed E-state index contributed by atoms with van der Waals surface area (Å²) in [4.78, 5) is 11.9. The zero-order valence-corrected chi connectivity index (χ0v) is 12.2. The van der Waals surface area contributed by atoms with Gasteiger partial charge < -0.3 is 15.2 Å². The first-order valence-electron chi connectivity index (χ1n) is 6.82. The van der Waals surface area contributed by atoms with Crippen molar-refractivity contribution in [3.8, 4) is 5.75 Å². The minimum absolute atomic E-state index is 0.0991. The fourth-order valence-corrected chi connectivity index (χ4v) is 1.97. The lowest BCUT2D eigenvalue weighted by molar-refractivity contribution is -0.118. The molecule has 110 valence electrons. The molecule has 4 nitrogen and oxygen atoms in total. The third-order valence-corrected chi connectivity index (χ3v) is 3.04. The Balaban J connectivity index is 1.99. The zero-order chi connectivity index (χ0) is 15.2. The Morgan fingerprint density at radius 2 is 1.95 bits per heavy atom. The molecular weight excluding hydrogens is 266 g/mol. The van der Waals surface area contributed by atoms with Gasteiger partial charge in [-0.3, -0.25) is 4.79 Å². The number of aliphatic hydroxyl groups is 1. The second-order valence-electron chi connectivity index (χ2n) is 4.92. The summed E-state index contributed by atoms with van der Waals surface area (Å²) in [5, 5.41) is 12.5. The van der Waals surface area contributed by atoms with Crippen LogP contribution in [0.4, 0.5) is 5.69 Å². The maximum Gasteiger partial charge on any atom is 0.262 e. The van der Waals surface area contributed by atoms with Crippen LogP contribution < -0.4 is 10.1 Å². The lowest BCUT2D eigenvalue weighted by Crippen LogP contribution is -2.20. The molecule has 0 saturated heterocycles. The number of hydrogen-bond donors (Lipinski definition) is 2. The predicted molar refractivity (Wildman–Crippen MR) is 82.4 cm³/mol. The summed E-state index contributed by atoms with van der Waals surface area (Å²) in [6, 6.07) is 14.7. The number of anilines is 1. The van der Waals surface area contributed by atoms with Crippen LogP contribution in [0.5, 0.6) is 5.75 Å². The van der Waals surface area contributed by atoms with Crippen LogP contribution in [-0.2, 0) is 4.79 Å². The number of carbonyl (C=O) groups excluding carboxylic acids is 1. The minimum Gasteiger partial charge on any atom is -0.483 e. The van der Waals surface area contributed by atoms with Crippen LogP contribution >= 0.6 is 0 Å². The van der Waals surface area contributed by atoms with Crippen molar-refractivity contribution in [2.24, 2.45) is 0 Å². The van der Waals surface area contributed by atoms with Crippen LogP contribution in [0.1, 0.15) is 24.2 Å². The second-order valence-corrected chi connectivity index (χ2v) is 4.92. The fourth-order valence-electron chi connectivity index (χ4n) is 1.97. The van der Waals surface area contributed by atoms with E-state index < -0.39 is 6.10 Å². The third-order valence-electron chi connectivity index (χ3n) is 3.04. The van der Waals surface area contributed by atoms with E-state index in [0.717, 1.165) is 11.3 Å². The molecule has 4 heteroatoms. The molecule has 0 bridgehead atoms. The summed E-state index contributed by atoms with van der Waals surface area (Å²) in [5.41, 5.74) is 2.41. The number of amides is 1. The van der Waals surface area contributed by atoms with Crippen LogP contribution in [0.2, 0.25) is 0 Å². The number of para-hydroxylation sites is 1. The molecule has 0 aliphatic rings. The molecule has 0 aliphatic heterocycles. The standard InChI is InChI=1S/C17H19NO3/c1-12-8-9-15(13(2)19)16(10-12)21-11-17(20)18-14-6-4-3-5-7-14/h3-10,13,19H,11H2,1-2H3,(H,18,20)/t13-/m1/s1. The van der Waals surface area contributed by atoms with Gasteiger partial charge in [-0.05, 0) is 37.6 Å². The van der Waals surface area contributed by atoms with Gasteiger partial charge in [-0.15, -0.1) is 0 Å². The van der Waals surface area contributed by atoms with Crippen molar-refractivity contribution in [3.63, 3.8) is 0 Å². The van der Waals surface area contributed by atoms with Crippen LogP contribution in [-0.4, -0.2) is 17.6 Å². The van der Waals surface area contributed by atoms with Crippen molar-refractivity contribution < 1.29 is 14.6 Å². The molecule has 0 unspecified atom stereocenters. The van der Waals surface area contributed by atoms with Gasteiger partial charge >= 0.3 is 0 Å². The Labute approximate surface area is 124 Å². The highest BCUT2D eigenvalue weighted by molar-refractivity contribution is 5.91. The monoisotopic (exact) mass is 285 g/mol. The van der Waals surface area contributed by atoms with E-state index in [9.17, 15) is 9.90 Å². The molecule has 2 rings (SSSR count). The SMILES string of the molecule is Cc1ccc([C@@H](C)O)c(OCC(=O)Nc2ccccc2)c1. The van der Waals surface area contributed by atoms with Gasteiger partial charge in [0, 0.05) is 11.3 Å². The summed E-state index contributed by atoms with van der Waals surface area (Å²) in [5.74, 6) is 0.299. The Morgan fingerprint density at radius 3 is 2.62 bits per heavy atom. The number of aliphatic hydroxyl groups excluding tert-OH is 1. The van der Waals surface area contributed by atoms with Gasteiger partial charge in [0.05, 0.1) is 6.10 Å². The van der Waals surface area contributed by atoms with E-state index >= 15 is 0 Å². The van der Waals surface area contributed by atoms with E-state index in [4.69, 9.17) is 4.74 Å². The highest BCUT2D eigenvalue weighted by atomic mass is 16.5. The van der Waals surface area contributed by atoms with Crippen LogP contribution in [0, 0.1) is 6.92 Å². The molecule has 1 atom stereocenters. The molecular formula is C17H19NO3. The summed E-state index contributed by atoms with van der Waals surface area (Å²) < 4.78 is 5.54. The number of rotatable bonds is 5. The highest BCUT2D eigenvalue weighted by Crippen LogP contribution is 2.26. The van der Waals surface area contributed by atoms with E-state index in [0.29, 0.717) is 11.3 Å². The number of aryl methyl sites for hydroxylation is 1. The molecule has 0 radical (unpaired) electrons. The van der Waals surface area contributed by atoms with E-state index in [1.807, 2.05) is 55.5 Å². The maximum absolute atomic E-state index is 11.9. The molecule has 21 heavy (non-hydrogen) atoms. The Kier molecular flexibility index (Phi) is 4.95. The first-order chi connectivity index (χ1) is 10.1. The molecule has 0 aliphatic carbocycles. The second kappa shape index (κ2) is 6.90. The smallest absolute Gasteiger partial charge is 0.262 e. The summed E-state index contributed by atoms with van der Waals surface area (Å²) in [7, 11) is 0. The minimum atomic E-state index is -0.641. The van der Waals surface area contributed by atoms with Gasteiger partial charge in [0.25, 0.3) is 5.91 Å². The molecule has 1 amide bonds. The predicted octanol–water partition coefficient (Wildman–Crippen LogP) is 3.07. The van der Waals surface area contributed by atoms with E-state index in [-0.39, 0.29) is 12.5 Å². The van der Waals surface area contributed by atoms with Crippen LogP contribution in [0.15, 0.2) is 48.5 Å². The van der Waals surface area contributed by atoms with Crippen molar-refractivity contribution in [2.75, 3.05) is 11.9 Å². The third kappa shape index (κ3) is 4.33. The van der Waals surface area contributed by atoms with E-state index in [1.165, 1.54) is 0 Å². The van der Waals surface area contributed by atoms with Crippen molar-refractivity contribution >= 4 is 11.6 Å². The van der Waals surface area contributed by atoms with E-state index in [1.54, 1.807) is 6.92 Å². The summed E-state index contributed by atoms with van der Waals surface area (Å²) in [6.07, 6.45) is -0.641. The molecule has 0 aromatic heterocycles. The highest BCUT2D eigenvalue weighted by Gasteiger charge is 2.11. The number of hydrogen-bond acceptors (Lipinski definition) is 3. The quantitative estimate of drug-likeness (QED) is 0.887. The molecule has 2 N–H and O–H groups in total. The molecule has 0 spiro atoms. The van der Waals surface area contributed by atoms with Gasteiger partial charge in [0.2, 0.25) is 0 Å². The molecule has 0 heterocycles. The summed E-state index contributed by atoms with van der Waals surface area (Å²) in [6.45, 7) is 3.50. The Bertz CT molecular complexity index is 609. The largest absolute Gasteiger partial charge is 0.483 e. The molecule has 0 saturated carbocycles. The number of carbonyl (C=O) groups is 1. The number of benzene rings is 2. The lowest BCUT2D eigenvalue weighted by atomic mass is 10.1. The van der Waals surface area contributed by atoms with Crippen molar-refractivity contribution in [2.45, 2.75) is 20.0 Å². The first-order valence-corrected chi connectivity index (χ1v) is 6.82. The average molecular weight is 285 g/mol. The number of nitrogens with one attached hydrogen (secondary N) is 1. The fraction of sp³-hybridized carbons (Fsp3) is 0.235. The maximum atomic E-state index is 11.9. The van der Waals surface area contributed by atoms with Crippen molar-refractivity contribution in [3.05, 3.63) is 59.7 Å². The summed E-state index contributed by atoms with van der Waals surface area (Å²) >= 11 is 0. The molecule has 2 aromatic rings.